The van der Waals surface area contributed by atoms with Gasteiger partial charge in [0.2, 0.25) is 0 Å². The molecule has 0 saturated heterocycles. The van der Waals surface area contributed by atoms with E-state index in [1.807, 2.05) is 0 Å². The molecule has 4 rings (SSSR count). The normalized spacial score (nSPS) is 12.8. The fraction of sp³-hybridized carbons (Fsp3) is 0.238. The predicted octanol–water partition coefficient (Wildman–Crippen LogP) is 3.02. The fourth-order valence-corrected chi connectivity index (χ4v) is 3.62. The predicted molar refractivity (Wildman–Crippen MR) is 101 cm³/mol. The summed E-state index contributed by atoms with van der Waals surface area (Å²) < 4.78 is 28.7. The first-order valence-electron chi connectivity index (χ1n) is 9.28. The van der Waals surface area contributed by atoms with Crippen molar-refractivity contribution in [1.29, 1.82) is 0 Å². The van der Waals surface area contributed by atoms with Gasteiger partial charge < -0.3 is 15.5 Å². The molecule has 1 heterocycles. The van der Waals surface area contributed by atoms with Crippen LogP contribution in [0, 0.1) is 11.6 Å². The van der Waals surface area contributed by atoms with Gasteiger partial charge in [0.25, 0.3) is 5.91 Å². The third-order valence-electron chi connectivity index (χ3n) is 4.98. The molecule has 0 bridgehead atoms. The molecule has 1 aliphatic rings. The highest BCUT2D eigenvalue weighted by atomic mass is 19.1. The van der Waals surface area contributed by atoms with Gasteiger partial charge >= 0.3 is 0 Å². The summed E-state index contributed by atoms with van der Waals surface area (Å²) in [5.41, 5.74) is 2.86. The van der Waals surface area contributed by atoms with Crippen LogP contribution in [0.3, 0.4) is 0 Å². The van der Waals surface area contributed by atoms with E-state index in [1.165, 1.54) is 28.9 Å². The van der Waals surface area contributed by atoms with Gasteiger partial charge in [-0.3, -0.25) is 4.79 Å². The molecule has 3 aromatic rings. The Hall–Kier alpha value is -3.42. The number of hydrogen-bond acceptors (Lipinski definition) is 4. The minimum Gasteiger partial charge on any atom is -0.504 e. The lowest BCUT2D eigenvalue weighted by molar-refractivity contribution is 0.0948. The van der Waals surface area contributed by atoms with Crippen molar-refractivity contribution in [2.45, 2.75) is 25.7 Å². The quantitative estimate of drug-likeness (QED) is 0.576. The maximum Gasteiger partial charge on any atom is 0.272 e. The molecule has 29 heavy (non-hydrogen) atoms. The molecule has 3 N–H and O–H groups in total. The summed E-state index contributed by atoms with van der Waals surface area (Å²) in [5.74, 6) is -2.18. The molecule has 0 radical (unpaired) electrons. The van der Waals surface area contributed by atoms with E-state index in [0.717, 1.165) is 29.3 Å². The molecule has 0 unspecified atom stereocenters. The van der Waals surface area contributed by atoms with Crippen LogP contribution >= 0.6 is 0 Å². The van der Waals surface area contributed by atoms with Crippen molar-refractivity contribution in [3.05, 3.63) is 70.5 Å². The number of fused-ring (bicyclic) bond motifs is 1. The number of phenols is 2. The number of aromatic nitrogens is 2. The molecule has 150 valence electrons. The van der Waals surface area contributed by atoms with Crippen LogP contribution in [0.2, 0.25) is 0 Å². The molecule has 0 aliphatic heterocycles. The molecule has 0 atom stereocenters. The largest absolute Gasteiger partial charge is 0.504 e. The Morgan fingerprint density at radius 2 is 1.83 bits per heavy atom. The Kier molecular flexibility index (Phi) is 4.92. The third kappa shape index (κ3) is 3.78. The van der Waals surface area contributed by atoms with Crippen molar-refractivity contribution in [1.82, 2.24) is 15.1 Å². The highest BCUT2D eigenvalue weighted by molar-refractivity contribution is 5.94. The van der Waals surface area contributed by atoms with E-state index < -0.39 is 11.6 Å². The van der Waals surface area contributed by atoms with Crippen LogP contribution in [0.25, 0.3) is 5.69 Å². The van der Waals surface area contributed by atoms with Gasteiger partial charge in [0.15, 0.2) is 17.2 Å². The molecule has 0 fully saturated rings. The Bertz CT molecular complexity index is 1070. The van der Waals surface area contributed by atoms with Crippen molar-refractivity contribution in [2.75, 3.05) is 6.54 Å². The van der Waals surface area contributed by atoms with Gasteiger partial charge in [-0.2, -0.15) is 5.10 Å². The zero-order valence-electron chi connectivity index (χ0n) is 15.5. The van der Waals surface area contributed by atoms with E-state index in [2.05, 4.69) is 10.4 Å². The number of rotatable bonds is 5. The van der Waals surface area contributed by atoms with E-state index in [0.29, 0.717) is 25.8 Å². The molecule has 1 aliphatic carbocycles. The van der Waals surface area contributed by atoms with Gasteiger partial charge in [-0.1, -0.05) is 6.07 Å². The van der Waals surface area contributed by atoms with Gasteiger partial charge in [0.1, 0.15) is 11.6 Å². The molecule has 2 aromatic carbocycles. The average molecular weight is 399 g/mol. The Morgan fingerprint density at radius 1 is 1.07 bits per heavy atom. The van der Waals surface area contributed by atoms with Gasteiger partial charge in [-0.05, 0) is 55.5 Å². The maximum atomic E-state index is 13.6. The molecular formula is C21H19F2N3O3. The van der Waals surface area contributed by atoms with Gasteiger partial charge in [-0.15, -0.1) is 0 Å². The molecule has 8 heteroatoms. The van der Waals surface area contributed by atoms with E-state index >= 15 is 0 Å². The third-order valence-corrected chi connectivity index (χ3v) is 4.98. The van der Waals surface area contributed by atoms with Crippen molar-refractivity contribution in [3.63, 3.8) is 0 Å². The zero-order valence-corrected chi connectivity index (χ0v) is 15.5. The van der Waals surface area contributed by atoms with Crippen LogP contribution < -0.4 is 5.32 Å². The summed E-state index contributed by atoms with van der Waals surface area (Å²) in [7, 11) is 0. The Labute approximate surface area is 165 Å². The average Bonchev–Trinajstić information content (AvgIpc) is 3.26. The summed E-state index contributed by atoms with van der Waals surface area (Å²) in [6.45, 7) is 0.305. The van der Waals surface area contributed by atoms with E-state index in [9.17, 15) is 23.8 Å². The lowest BCUT2D eigenvalue weighted by Gasteiger charge is -2.07. The SMILES string of the molecule is O=C(NCCc1ccc(O)c(O)c1)c1nn(-c2cc(F)cc(F)c2)c2c1CCC2. The number of nitrogens with one attached hydrogen (secondary N) is 1. The van der Waals surface area contributed by atoms with Crippen LogP contribution in [0.1, 0.15) is 33.7 Å². The van der Waals surface area contributed by atoms with Crippen LogP contribution in [0.15, 0.2) is 36.4 Å². The number of halogens is 2. The van der Waals surface area contributed by atoms with E-state index in [-0.39, 0.29) is 28.8 Å². The highest BCUT2D eigenvalue weighted by Crippen LogP contribution is 2.28. The summed E-state index contributed by atoms with van der Waals surface area (Å²) in [6.07, 6.45) is 2.66. The van der Waals surface area contributed by atoms with Crippen molar-refractivity contribution in [3.8, 4) is 17.2 Å². The molecule has 6 nitrogen and oxygen atoms in total. The second-order valence-electron chi connectivity index (χ2n) is 7.00. The zero-order chi connectivity index (χ0) is 20.5. The maximum absolute atomic E-state index is 13.6. The summed E-state index contributed by atoms with van der Waals surface area (Å²) in [4.78, 5) is 12.7. The van der Waals surface area contributed by atoms with Gasteiger partial charge in [0, 0.05) is 23.9 Å². The number of amides is 1. The minimum atomic E-state index is -0.703. The number of aromatic hydroxyl groups is 2. The molecule has 1 aromatic heterocycles. The number of hydrogen-bond donors (Lipinski definition) is 3. The van der Waals surface area contributed by atoms with Crippen LogP contribution in [0.5, 0.6) is 11.5 Å². The van der Waals surface area contributed by atoms with Gasteiger partial charge in [-0.25, -0.2) is 13.5 Å². The first kappa shape index (κ1) is 18.9. The fourth-order valence-electron chi connectivity index (χ4n) is 3.62. The van der Waals surface area contributed by atoms with E-state index in [1.54, 1.807) is 6.07 Å². The topological polar surface area (TPSA) is 87.4 Å². The summed E-state index contributed by atoms with van der Waals surface area (Å²) in [5, 5.41) is 26.0. The molecule has 0 saturated carbocycles. The number of carbonyl (C=O) groups excluding carboxylic acids is 1. The Morgan fingerprint density at radius 3 is 2.55 bits per heavy atom. The highest BCUT2D eigenvalue weighted by Gasteiger charge is 2.27. The van der Waals surface area contributed by atoms with Crippen LogP contribution in [-0.2, 0) is 19.3 Å². The molecular weight excluding hydrogens is 380 g/mol. The first-order chi connectivity index (χ1) is 13.9. The van der Waals surface area contributed by atoms with E-state index in [4.69, 9.17) is 0 Å². The smallest absolute Gasteiger partial charge is 0.272 e. The lowest BCUT2D eigenvalue weighted by Crippen LogP contribution is -2.27. The van der Waals surface area contributed by atoms with Crippen molar-refractivity contribution < 1.29 is 23.8 Å². The van der Waals surface area contributed by atoms with Gasteiger partial charge in [0.05, 0.1) is 5.69 Å². The standard InChI is InChI=1S/C21H19F2N3O3/c22-13-9-14(23)11-15(10-13)26-17-3-1-2-16(17)20(25-26)21(29)24-7-6-12-4-5-18(27)19(28)8-12/h4-5,8-11,27-28H,1-3,6-7H2,(H,24,29). The molecule has 0 spiro atoms. The first-order valence-corrected chi connectivity index (χ1v) is 9.28. The minimum absolute atomic E-state index is 0.201. The van der Waals surface area contributed by atoms with Crippen LogP contribution in [0.4, 0.5) is 8.78 Å². The number of nitrogens with zero attached hydrogens (tertiary/aromatic N) is 2. The van der Waals surface area contributed by atoms with Crippen molar-refractivity contribution in [2.24, 2.45) is 0 Å². The second kappa shape index (κ2) is 7.54. The van der Waals surface area contributed by atoms with Crippen molar-refractivity contribution >= 4 is 5.91 Å². The molecule has 1 amide bonds. The summed E-state index contributed by atoms with van der Waals surface area (Å²) >= 11 is 0. The number of carbonyl (C=O) groups is 1. The Balaban J connectivity index is 1.52. The number of phenolic OH excluding ortho intramolecular Hbond substituents is 2. The number of benzene rings is 2. The lowest BCUT2D eigenvalue weighted by atomic mass is 10.1. The van der Waals surface area contributed by atoms with Crippen LogP contribution in [-0.4, -0.2) is 32.4 Å². The second-order valence-corrected chi connectivity index (χ2v) is 7.00. The monoisotopic (exact) mass is 399 g/mol. The summed E-state index contributed by atoms with van der Waals surface area (Å²) in [6, 6.07) is 7.65.